The van der Waals surface area contributed by atoms with Crippen molar-refractivity contribution in [2.75, 3.05) is 12.8 Å². The average molecular weight is 154 g/mol. The Morgan fingerprint density at radius 1 is 1.90 bits per heavy atom. The van der Waals surface area contributed by atoms with Crippen LogP contribution in [0.15, 0.2) is 11.4 Å². The van der Waals surface area contributed by atoms with E-state index in [-0.39, 0.29) is 5.92 Å². The van der Waals surface area contributed by atoms with E-state index >= 15 is 0 Å². The van der Waals surface area contributed by atoms with Gasteiger partial charge in [0.05, 0.1) is 0 Å². The van der Waals surface area contributed by atoms with Gasteiger partial charge in [-0.15, -0.1) is 6.42 Å². The highest BCUT2D eigenvalue weighted by atomic mass is 31.2. The van der Waals surface area contributed by atoms with Crippen LogP contribution >= 0.6 is 7.14 Å². The second-order valence-corrected chi connectivity index (χ2v) is 6.14. The molecule has 2 heteroatoms. The van der Waals surface area contributed by atoms with E-state index in [0.717, 1.165) is 5.31 Å². The van der Waals surface area contributed by atoms with Crippen molar-refractivity contribution >= 4 is 7.14 Å². The molecule has 0 aromatic heterocycles. The van der Waals surface area contributed by atoms with E-state index in [2.05, 4.69) is 5.92 Å². The molecule has 1 aliphatic heterocycles. The van der Waals surface area contributed by atoms with Gasteiger partial charge in [-0.3, -0.25) is 0 Å². The lowest BCUT2D eigenvalue weighted by atomic mass is 10.2. The summed E-state index contributed by atoms with van der Waals surface area (Å²) < 4.78 is 11.6. The van der Waals surface area contributed by atoms with Gasteiger partial charge in [-0.05, 0) is 18.9 Å². The van der Waals surface area contributed by atoms with Gasteiger partial charge in [0.1, 0.15) is 7.14 Å². The average Bonchev–Trinajstić information content (AvgIpc) is 2.08. The molecule has 0 N–H and O–H groups in total. The van der Waals surface area contributed by atoms with Crippen LogP contribution in [0.3, 0.4) is 0 Å². The van der Waals surface area contributed by atoms with Gasteiger partial charge in [0.2, 0.25) is 0 Å². The lowest BCUT2D eigenvalue weighted by Crippen LogP contribution is -1.91. The highest BCUT2D eigenvalue weighted by Gasteiger charge is 2.27. The van der Waals surface area contributed by atoms with E-state index in [1.54, 1.807) is 6.66 Å². The third-order valence-electron chi connectivity index (χ3n) is 1.95. The van der Waals surface area contributed by atoms with Crippen molar-refractivity contribution in [2.24, 2.45) is 5.92 Å². The number of rotatable bonds is 0. The van der Waals surface area contributed by atoms with Gasteiger partial charge >= 0.3 is 0 Å². The summed E-state index contributed by atoms with van der Waals surface area (Å²) in [5, 5.41) is 0.996. The Balaban J connectivity index is 2.91. The smallest absolute Gasteiger partial charge is 0.109 e. The first-order chi connectivity index (χ1) is 4.56. The zero-order valence-corrected chi connectivity index (χ0v) is 7.19. The van der Waals surface area contributed by atoms with Crippen LogP contribution in [0.25, 0.3) is 0 Å². The molecule has 1 rings (SSSR count). The molecule has 0 aliphatic carbocycles. The first-order valence-corrected chi connectivity index (χ1v) is 5.62. The van der Waals surface area contributed by atoms with Crippen molar-refractivity contribution in [3.63, 3.8) is 0 Å². The summed E-state index contributed by atoms with van der Waals surface area (Å²) in [4.78, 5) is 0. The molecule has 0 fully saturated rings. The van der Waals surface area contributed by atoms with Crippen LogP contribution in [0.4, 0.5) is 0 Å². The normalized spacial score (nSPS) is 38.9. The molecule has 0 aromatic rings. The molecule has 2 atom stereocenters. The molecular formula is C8H11OP. The van der Waals surface area contributed by atoms with Gasteiger partial charge in [0.15, 0.2) is 0 Å². The molecule has 1 nitrogen and oxygen atoms in total. The first-order valence-electron chi connectivity index (χ1n) is 3.28. The highest BCUT2D eigenvalue weighted by molar-refractivity contribution is 7.67. The molecule has 10 heavy (non-hydrogen) atoms. The minimum atomic E-state index is -1.99. The van der Waals surface area contributed by atoms with Crippen molar-refractivity contribution in [2.45, 2.75) is 6.92 Å². The topological polar surface area (TPSA) is 17.1 Å². The van der Waals surface area contributed by atoms with Crippen molar-refractivity contribution < 1.29 is 4.57 Å². The minimum absolute atomic E-state index is 0.121. The molecule has 0 saturated carbocycles. The van der Waals surface area contributed by atoms with Crippen molar-refractivity contribution in [3.05, 3.63) is 11.4 Å². The van der Waals surface area contributed by atoms with Gasteiger partial charge < -0.3 is 4.57 Å². The van der Waals surface area contributed by atoms with Crippen LogP contribution < -0.4 is 0 Å². The van der Waals surface area contributed by atoms with E-state index in [4.69, 9.17) is 6.42 Å². The first kappa shape index (κ1) is 7.63. The third-order valence-corrected chi connectivity index (χ3v) is 4.68. The zero-order chi connectivity index (χ0) is 7.78. The van der Waals surface area contributed by atoms with Crippen molar-refractivity contribution in [1.82, 2.24) is 0 Å². The number of terminal acetylenes is 1. The largest absolute Gasteiger partial charge is 0.319 e. The molecule has 0 spiro atoms. The van der Waals surface area contributed by atoms with Crippen molar-refractivity contribution in [3.8, 4) is 12.3 Å². The summed E-state index contributed by atoms with van der Waals surface area (Å²) >= 11 is 0. The Bertz CT molecular complexity index is 257. The standard InChI is InChI=1S/C8H11OP/c1-4-8-5-7(2)10(3,9)6-8/h1,5,8H,6H2,2-3H3. The van der Waals surface area contributed by atoms with Crippen LogP contribution in [0, 0.1) is 18.3 Å². The lowest BCUT2D eigenvalue weighted by molar-refractivity contribution is 0.583. The lowest BCUT2D eigenvalue weighted by Gasteiger charge is -2.04. The summed E-state index contributed by atoms with van der Waals surface area (Å²) in [7, 11) is -1.99. The Morgan fingerprint density at radius 3 is 2.70 bits per heavy atom. The SMILES string of the molecule is C#CC1C=C(C)P(C)(=O)C1. The van der Waals surface area contributed by atoms with E-state index < -0.39 is 7.14 Å². The molecule has 1 heterocycles. The van der Waals surface area contributed by atoms with Crippen LogP contribution in [0.2, 0.25) is 0 Å². The fourth-order valence-corrected chi connectivity index (χ4v) is 2.87. The van der Waals surface area contributed by atoms with Crippen LogP contribution in [-0.4, -0.2) is 12.8 Å². The highest BCUT2D eigenvalue weighted by Crippen LogP contribution is 2.56. The summed E-state index contributed by atoms with van der Waals surface area (Å²) in [6.45, 7) is 3.70. The molecule has 54 valence electrons. The molecule has 2 unspecified atom stereocenters. The van der Waals surface area contributed by atoms with Crippen LogP contribution in [-0.2, 0) is 4.57 Å². The molecule has 0 aromatic carbocycles. The summed E-state index contributed by atoms with van der Waals surface area (Å²) in [5.74, 6) is 2.72. The summed E-state index contributed by atoms with van der Waals surface area (Å²) in [6.07, 6.45) is 7.82. The Hall–Kier alpha value is -0.470. The van der Waals surface area contributed by atoms with Gasteiger partial charge in [-0.2, -0.15) is 0 Å². The fraction of sp³-hybridized carbons (Fsp3) is 0.500. The molecule has 0 saturated heterocycles. The molecule has 0 radical (unpaired) electrons. The fourth-order valence-electron chi connectivity index (χ4n) is 1.12. The Morgan fingerprint density at radius 2 is 2.50 bits per heavy atom. The van der Waals surface area contributed by atoms with Gasteiger partial charge in [-0.25, -0.2) is 0 Å². The summed E-state index contributed by atoms with van der Waals surface area (Å²) in [6, 6.07) is 0. The number of hydrogen-bond acceptors (Lipinski definition) is 1. The molecule has 0 bridgehead atoms. The third kappa shape index (κ3) is 1.18. The van der Waals surface area contributed by atoms with Crippen LogP contribution in [0.5, 0.6) is 0 Å². The predicted molar refractivity (Wildman–Crippen MR) is 44.5 cm³/mol. The van der Waals surface area contributed by atoms with E-state index in [1.165, 1.54) is 0 Å². The predicted octanol–water partition coefficient (Wildman–Crippen LogP) is 2.15. The Kier molecular flexibility index (Phi) is 1.75. The van der Waals surface area contributed by atoms with Gasteiger partial charge in [0.25, 0.3) is 0 Å². The second-order valence-electron chi connectivity index (χ2n) is 2.86. The van der Waals surface area contributed by atoms with Gasteiger partial charge in [0, 0.05) is 12.1 Å². The molecule has 0 amide bonds. The van der Waals surface area contributed by atoms with E-state index in [0.29, 0.717) is 6.16 Å². The minimum Gasteiger partial charge on any atom is -0.319 e. The number of hydrogen-bond donors (Lipinski definition) is 0. The second kappa shape index (κ2) is 2.29. The quantitative estimate of drug-likeness (QED) is 0.386. The maximum Gasteiger partial charge on any atom is 0.109 e. The zero-order valence-electron chi connectivity index (χ0n) is 6.29. The van der Waals surface area contributed by atoms with Crippen molar-refractivity contribution in [1.29, 1.82) is 0 Å². The molecule has 1 aliphatic rings. The van der Waals surface area contributed by atoms with E-state index in [9.17, 15) is 4.57 Å². The van der Waals surface area contributed by atoms with Gasteiger partial charge in [-0.1, -0.05) is 12.0 Å². The summed E-state index contributed by atoms with van der Waals surface area (Å²) in [5.41, 5.74) is 0. The van der Waals surface area contributed by atoms with Crippen LogP contribution in [0.1, 0.15) is 6.92 Å². The number of allylic oxidation sites excluding steroid dienone is 2. The monoisotopic (exact) mass is 154 g/mol. The molecular weight excluding hydrogens is 143 g/mol. The maximum atomic E-state index is 11.6. The van der Waals surface area contributed by atoms with E-state index in [1.807, 2.05) is 13.0 Å². The maximum absolute atomic E-state index is 11.6. The Labute approximate surface area is 61.9 Å².